The Bertz CT molecular complexity index is 367. The van der Waals surface area contributed by atoms with Crippen molar-refractivity contribution in [3.63, 3.8) is 0 Å². The molecule has 0 bridgehead atoms. The van der Waals surface area contributed by atoms with Gasteiger partial charge in [-0.1, -0.05) is 16.9 Å². The SMILES string of the molecule is c1ccc(SSCCN2CCNCCNCCNCC2)nc1. The molecule has 124 valence electrons. The normalized spacial score (nSPS) is 19.3. The van der Waals surface area contributed by atoms with Gasteiger partial charge in [0.25, 0.3) is 0 Å². The van der Waals surface area contributed by atoms with Gasteiger partial charge in [0.1, 0.15) is 5.03 Å². The number of hydrogen-bond donors (Lipinski definition) is 3. The summed E-state index contributed by atoms with van der Waals surface area (Å²) < 4.78 is 0. The summed E-state index contributed by atoms with van der Waals surface area (Å²) in [5.74, 6) is 1.13. The lowest BCUT2D eigenvalue weighted by atomic mass is 10.4. The number of rotatable bonds is 5. The minimum Gasteiger partial charge on any atom is -0.314 e. The van der Waals surface area contributed by atoms with E-state index in [9.17, 15) is 0 Å². The molecule has 5 nitrogen and oxygen atoms in total. The fourth-order valence-corrected chi connectivity index (χ4v) is 4.11. The molecule has 0 spiro atoms. The first-order chi connectivity index (χ1) is 10.9. The van der Waals surface area contributed by atoms with E-state index in [1.54, 1.807) is 10.8 Å². The highest BCUT2D eigenvalue weighted by Gasteiger charge is 2.06. The number of nitrogens with one attached hydrogen (secondary N) is 3. The zero-order chi connectivity index (χ0) is 15.3. The second-order valence-electron chi connectivity index (χ2n) is 5.16. The molecule has 0 atom stereocenters. The minimum absolute atomic E-state index is 1.05. The van der Waals surface area contributed by atoms with Gasteiger partial charge in [0.15, 0.2) is 0 Å². The molecule has 2 rings (SSSR count). The topological polar surface area (TPSA) is 52.2 Å². The van der Waals surface area contributed by atoms with Gasteiger partial charge in [-0.05, 0) is 22.9 Å². The largest absolute Gasteiger partial charge is 0.314 e. The third-order valence-corrected chi connectivity index (χ3v) is 5.68. The van der Waals surface area contributed by atoms with Crippen molar-refractivity contribution in [3.05, 3.63) is 24.4 Å². The summed E-state index contributed by atoms with van der Waals surface area (Å²) in [7, 11) is 3.66. The molecular formula is C15H27N5S2. The Morgan fingerprint density at radius 2 is 1.64 bits per heavy atom. The van der Waals surface area contributed by atoms with Crippen LogP contribution in [0.15, 0.2) is 29.4 Å². The van der Waals surface area contributed by atoms with Crippen molar-refractivity contribution in [2.45, 2.75) is 5.03 Å². The quantitative estimate of drug-likeness (QED) is 0.543. The standard InChI is InChI=1S/C15H27N5S2/c1-2-4-19-15(3-1)22-21-14-13-20-11-9-17-7-5-16-6-8-18-10-12-20/h1-4,16-18H,5-14H2. The van der Waals surface area contributed by atoms with Crippen molar-refractivity contribution in [2.24, 2.45) is 0 Å². The van der Waals surface area contributed by atoms with Crippen molar-refractivity contribution in [1.29, 1.82) is 0 Å². The molecule has 1 aliphatic heterocycles. The van der Waals surface area contributed by atoms with Gasteiger partial charge in [0, 0.05) is 70.9 Å². The maximum atomic E-state index is 4.34. The molecule has 1 aromatic heterocycles. The molecule has 22 heavy (non-hydrogen) atoms. The highest BCUT2D eigenvalue weighted by Crippen LogP contribution is 2.28. The van der Waals surface area contributed by atoms with E-state index in [2.05, 4.69) is 31.9 Å². The fourth-order valence-electron chi connectivity index (χ4n) is 2.20. The number of nitrogens with zero attached hydrogens (tertiary/aromatic N) is 2. The predicted molar refractivity (Wildman–Crippen MR) is 97.6 cm³/mol. The van der Waals surface area contributed by atoms with Crippen LogP contribution in [0, 0.1) is 0 Å². The second-order valence-corrected chi connectivity index (χ2v) is 7.60. The van der Waals surface area contributed by atoms with E-state index in [4.69, 9.17) is 0 Å². The average molecular weight is 342 g/mol. The lowest BCUT2D eigenvalue weighted by Gasteiger charge is -2.23. The molecule has 0 saturated carbocycles. The molecule has 1 aromatic rings. The Balaban J connectivity index is 1.62. The fraction of sp³-hybridized carbons (Fsp3) is 0.667. The van der Waals surface area contributed by atoms with Gasteiger partial charge in [-0.3, -0.25) is 4.90 Å². The highest BCUT2D eigenvalue weighted by molar-refractivity contribution is 8.76. The Hall–Kier alpha value is -0.310. The lowest BCUT2D eigenvalue weighted by Crippen LogP contribution is -2.42. The zero-order valence-electron chi connectivity index (χ0n) is 13.1. The first kappa shape index (κ1) is 18.0. The van der Waals surface area contributed by atoms with Crippen LogP contribution in [0.25, 0.3) is 0 Å². The van der Waals surface area contributed by atoms with Crippen molar-refractivity contribution >= 4 is 21.6 Å². The maximum Gasteiger partial charge on any atom is 0.106 e. The van der Waals surface area contributed by atoms with Gasteiger partial charge in [-0.2, -0.15) is 0 Å². The number of pyridine rings is 1. The van der Waals surface area contributed by atoms with Crippen LogP contribution in [0.3, 0.4) is 0 Å². The molecule has 1 fully saturated rings. The predicted octanol–water partition coefficient (Wildman–Crippen LogP) is 0.906. The zero-order valence-corrected chi connectivity index (χ0v) is 14.7. The van der Waals surface area contributed by atoms with Crippen LogP contribution in [0.4, 0.5) is 0 Å². The van der Waals surface area contributed by atoms with E-state index in [-0.39, 0.29) is 0 Å². The van der Waals surface area contributed by atoms with Crippen LogP contribution >= 0.6 is 21.6 Å². The van der Waals surface area contributed by atoms with Gasteiger partial charge in [-0.15, -0.1) is 0 Å². The minimum atomic E-state index is 1.05. The summed E-state index contributed by atoms with van der Waals surface area (Å²) >= 11 is 0. The summed E-state index contributed by atoms with van der Waals surface area (Å²) in [6.45, 7) is 9.73. The molecular weight excluding hydrogens is 314 g/mol. The van der Waals surface area contributed by atoms with Crippen molar-refractivity contribution in [2.75, 3.05) is 64.7 Å². The summed E-state index contributed by atoms with van der Waals surface area (Å²) in [4.78, 5) is 6.88. The summed E-state index contributed by atoms with van der Waals surface area (Å²) in [6, 6.07) is 6.06. The van der Waals surface area contributed by atoms with E-state index in [1.807, 2.05) is 29.1 Å². The lowest BCUT2D eigenvalue weighted by molar-refractivity contribution is 0.287. The summed E-state index contributed by atoms with van der Waals surface area (Å²) in [5.41, 5.74) is 0. The molecule has 0 radical (unpaired) electrons. The monoisotopic (exact) mass is 341 g/mol. The Morgan fingerprint density at radius 1 is 0.955 bits per heavy atom. The molecule has 0 amide bonds. The van der Waals surface area contributed by atoms with Gasteiger partial charge < -0.3 is 16.0 Å². The van der Waals surface area contributed by atoms with E-state index < -0.39 is 0 Å². The van der Waals surface area contributed by atoms with E-state index in [0.29, 0.717) is 0 Å². The van der Waals surface area contributed by atoms with Crippen LogP contribution in [0.5, 0.6) is 0 Å². The van der Waals surface area contributed by atoms with Crippen molar-refractivity contribution in [3.8, 4) is 0 Å². The summed E-state index contributed by atoms with van der Waals surface area (Å²) in [5, 5.41) is 11.5. The molecule has 0 unspecified atom stereocenters. The maximum absolute atomic E-state index is 4.34. The molecule has 3 N–H and O–H groups in total. The van der Waals surface area contributed by atoms with Gasteiger partial charge in [0.05, 0.1) is 0 Å². The molecule has 2 heterocycles. The first-order valence-corrected chi connectivity index (χ1v) is 10.3. The molecule has 0 aliphatic carbocycles. The Morgan fingerprint density at radius 3 is 2.27 bits per heavy atom. The van der Waals surface area contributed by atoms with Crippen LogP contribution < -0.4 is 16.0 Å². The van der Waals surface area contributed by atoms with E-state index in [1.165, 1.54) is 0 Å². The third kappa shape index (κ3) is 8.36. The van der Waals surface area contributed by atoms with Crippen LogP contribution in [-0.2, 0) is 0 Å². The summed E-state index contributed by atoms with van der Waals surface area (Å²) in [6.07, 6.45) is 1.85. The van der Waals surface area contributed by atoms with Gasteiger partial charge in [-0.25, -0.2) is 4.98 Å². The third-order valence-electron chi connectivity index (χ3n) is 3.44. The Labute approximate surface area is 141 Å². The van der Waals surface area contributed by atoms with Crippen LogP contribution in [0.1, 0.15) is 0 Å². The highest BCUT2D eigenvalue weighted by atomic mass is 33.1. The van der Waals surface area contributed by atoms with E-state index in [0.717, 1.165) is 69.7 Å². The average Bonchev–Trinajstić information content (AvgIpc) is 2.54. The number of hydrogen-bond acceptors (Lipinski definition) is 7. The van der Waals surface area contributed by atoms with Crippen LogP contribution in [0.2, 0.25) is 0 Å². The molecule has 7 heteroatoms. The van der Waals surface area contributed by atoms with Crippen molar-refractivity contribution in [1.82, 2.24) is 25.8 Å². The van der Waals surface area contributed by atoms with Gasteiger partial charge in [0.2, 0.25) is 0 Å². The van der Waals surface area contributed by atoms with Gasteiger partial charge >= 0.3 is 0 Å². The van der Waals surface area contributed by atoms with E-state index >= 15 is 0 Å². The first-order valence-electron chi connectivity index (χ1n) is 8.00. The smallest absolute Gasteiger partial charge is 0.106 e. The number of aromatic nitrogens is 1. The second kappa shape index (κ2) is 12.2. The molecule has 1 saturated heterocycles. The Kier molecular flexibility index (Phi) is 9.96. The molecule has 1 aliphatic rings. The van der Waals surface area contributed by atoms with Crippen molar-refractivity contribution < 1.29 is 0 Å². The van der Waals surface area contributed by atoms with Crippen LogP contribution in [-0.4, -0.2) is 74.5 Å². The molecule has 0 aromatic carbocycles.